The van der Waals surface area contributed by atoms with E-state index in [0.717, 1.165) is 12.8 Å². The van der Waals surface area contributed by atoms with Crippen LogP contribution in [-0.4, -0.2) is 27.6 Å². The van der Waals surface area contributed by atoms with Crippen LogP contribution in [0.4, 0.5) is 0 Å². The minimum atomic E-state index is -4.42. The molecule has 156 valence electrons. The average molecular weight is 393 g/mol. The van der Waals surface area contributed by atoms with Crippen molar-refractivity contribution in [2.24, 2.45) is 0 Å². The van der Waals surface area contributed by atoms with Crippen LogP contribution in [0, 0.1) is 0 Å². The van der Waals surface area contributed by atoms with Gasteiger partial charge in [0.1, 0.15) is 0 Å². The number of rotatable bonds is 19. The van der Waals surface area contributed by atoms with Crippen LogP contribution >= 0.6 is 7.82 Å². The summed E-state index contributed by atoms with van der Waals surface area (Å²) in [5, 5.41) is 9.63. The molecule has 0 amide bonds. The average Bonchev–Trinajstić information content (AvgIpc) is 2.57. The van der Waals surface area contributed by atoms with Crippen molar-refractivity contribution in [2.75, 3.05) is 6.61 Å². The maximum Gasteiger partial charge on any atom is 0.469 e. The molecule has 0 heterocycles. The largest absolute Gasteiger partial charge is 0.469 e. The van der Waals surface area contributed by atoms with Gasteiger partial charge in [0, 0.05) is 6.42 Å². The molecule has 0 aliphatic heterocycles. The topological polar surface area (TPSA) is 87.0 Å². The van der Waals surface area contributed by atoms with Gasteiger partial charge in [0.15, 0.2) is 0 Å². The van der Waals surface area contributed by atoms with E-state index in [-0.39, 0.29) is 13.0 Å². The van der Waals surface area contributed by atoms with Crippen molar-refractivity contribution in [1.82, 2.24) is 0 Å². The SMILES string of the molecule is CCCCCCCCCCCCCCC/C=C/[C@@H](O)CCOP(=O)(O)O. The molecule has 0 aromatic heterocycles. The van der Waals surface area contributed by atoms with Crippen molar-refractivity contribution in [3.63, 3.8) is 0 Å². The molecule has 0 spiro atoms. The van der Waals surface area contributed by atoms with Crippen LogP contribution in [0.1, 0.15) is 103 Å². The molecular weight excluding hydrogens is 351 g/mol. The first-order valence-corrected chi connectivity index (χ1v) is 12.0. The van der Waals surface area contributed by atoms with Gasteiger partial charge in [0.25, 0.3) is 0 Å². The van der Waals surface area contributed by atoms with Crippen LogP contribution in [0.25, 0.3) is 0 Å². The molecule has 0 rings (SSSR count). The zero-order chi connectivity index (χ0) is 19.5. The summed E-state index contributed by atoms with van der Waals surface area (Å²) in [6.07, 6.45) is 21.4. The molecule has 0 aromatic carbocycles. The van der Waals surface area contributed by atoms with Gasteiger partial charge in [0.2, 0.25) is 0 Å². The van der Waals surface area contributed by atoms with E-state index in [1.54, 1.807) is 6.08 Å². The van der Waals surface area contributed by atoms with Gasteiger partial charge in [-0.15, -0.1) is 0 Å². The van der Waals surface area contributed by atoms with Crippen LogP contribution < -0.4 is 0 Å². The minimum Gasteiger partial charge on any atom is -0.389 e. The molecule has 6 heteroatoms. The lowest BCUT2D eigenvalue weighted by Crippen LogP contribution is -2.06. The van der Waals surface area contributed by atoms with Gasteiger partial charge < -0.3 is 14.9 Å². The minimum absolute atomic E-state index is 0.144. The van der Waals surface area contributed by atoms with E-state index in [4.69, 9.17) is 9.79 Å². The summed E-state index contributed by atoms with van der Waals surface area (Å²) in [5.41, 5.74) is 0. The molecule has 3 N–H and O–H groups in total. The molecule has 0 radical (unpaired) electrons. The lowest BCUT2D eigenvalue weighted by atomic mass is 10.0. The van der Waals surface area contributed by atoms with Crippen molar-refractivity contribution < 1.29 is 24.0 Å². The van der Waals surface area contributed by atoms with Crippen LogP contribution in [0.15, 0.2) is 12.2 Å². The summed E-state index contributed by atoms with van der Waals surface area (Å²) in [5.74, 6) is 0. The van der Waals surface area contributed by atoms with Crippen LogP contribution in [-0.2, 0) is 9.09 Å². The molecule has 0 saturated heterocycles. The first-order valence-electron chi connectivity index (χ1n) is 10.5. The monoisotopic (exact) mass is 392 g/mol. The molecule has 5 nitrogen and oxygen atoms in total. The number of unbranched alkanes of at least 4 members (excludes halogenated alkanes) is 13. The van der Waals surface area contributed by atoms with E-state index in [0.29, 0.717) is 0 Å². The van der Waals surface area contributed by atoms with Crippen LogP contribution in [0.5, 0.6) is 0 Å². The maximum absolute atomic E-state index is 10.5. The Morgan fingerprint density at radius 3 is 1.77 bits per heavy atom. The Kier molecular flexibility index (Phi) is 18.1. The molecule has 0 unspecified atom stereocenters. The second-order valence-electron chi connectivity index (χ2n) is 7.14. The van der Waals surface area contributed by atoms with Crippen molar-refractivity contribution >= 4 is 7.82 Å². The molecule has 26 heavy (non-hydrogen) atoms. The van der Waals surface area contributed by atoms with Gasteiger partial charge in [-0.2, -0.15) is 0 Å². The number of phosphoric ester groups is 1. The third-order valence-electron chi connectivity index (χ3n) is 4.51. The van der Waals surface area contributed by atoms with Gasteiger partial charge in [-0.05, 0) is 12.8 Å². The van der Waals surface area contributed by atoms with Gasteiger partial charge in [-0.3, -0.25) is 4.52 Å². The van der Waals surface area contributed by atoms with E-state index in [2.05, 4.69) is 11.4 Å². The predicted octanol–water partition coefficient (Wildman–Crippen LogP) is 5.88. The number of hydrogen-bond acceptors (Lipinski definition) is 3. The highest BCUT2D eigenvalue weighted by molar-refractivity contribution is 7.46. The standard InChI is InChI=1S/C20H41O5P/c1-2-3-4-5-6-7-8-9-10-11-12-13-14-15-16-17-20(21)18-19-25-26(22,23)24/h16-17,20-21H,2-15,18-19H2,1H3,(H2,22,23,24)/b17-16+/t20-/m1/s1. The summed E-state index contributed by atoms with van der Waals surface area (Å²) >= 11 is 0. The lowest BCUT2D eigenvalue weighted by molar-refractivity contribution is 0.149. The fraction of sp³-hybridized carbons (Fsp3) is 0.900. The Morgan fingerprint density at radius 2 is 1.31 bits per heavy atom. The summed E-state index contributed by atoms with van der Waals surface area (Å²) in [4.78, 5) is 17.1. The molecular formula is C20H41O5P. The Bertz CT molecular complexity index is 367. The van der Waals surface area contributed by atoms with Crippen molar-refractivity contribution in [2.45, 2.75) is 109 Å². The van der Waals surface area contributed by atoms with Gasteiger partial charge in [0.05, 0.1) is 12.7 Å². The Balaban J connectivity index is 3.26. The van der Waals surface area contributed by atoms with E-state index in [1.165, 1.54) is 77.0 Å². The molecule has 0 bridgehead atoms. The third kappa shape index (κ3) is 21.9. The summed E-state index contributed by atoms with van der Waals surface area (Å²) < 4.78 is 14.8. The van der Waals surface area contributed by atoms with E-state index >= 15 is 0 Å². The summed E-state index contributed by atoms with van der Waals surface area (Å²) in [7, 11) is -4.42. The second-order valence-corrected chi connectivity index (χ2v) is 8.38. The molecule has 0 fully saturated rings. The quantitative estimate of drug-likeness (QED) is 0.145. The fourth-order valence-electron chi connectivity index (χ4n) is 2.92. The second kappa shape index (κ2) is 18.2. The zero-order valence-corrected chi connectivity index (χ0v) is 17.5. The molecule has 1 atom stereocenters. The zero-order valence-electron chi connectivity index (χ0n) is 16.7. The normalized spacial score (nSPS) is 13.5. The number of hydrogen-bond donors (Lipinski definition) is 3. The maximum atomic E-state index is 10.5. The molecule has 0 saturated carbocycles. The summed E-state index contributed by atoms with van der Waals surface area (Å²) in [6.45, 7) is 2.11. The first kappa shape index (κ1) is 25.8. The van der Waals surface area contributed by atoms with Gasteiger partial charge in [-0.25, -0.2) is 4.57 Å². The first-order chi connectivity index (χ1) is 12.5. The third-order valence-corrected chi connectivity index (χ3v) is 5.02. The smallest absolute Gasteiger partial charge is 0.389 e. The predicted molar refractivity (Wildman–Crippen MR) is 108 cm³/mol. The Morgan fingerprint density at radius 1 is 0.846 bits per heavy atom. The van der Waals surface area contributed by atoms with Gasteiger partial charge >= 0.3 is 7.82 Å². The van der Waals surface area contributed by atoms with E-state index in [1.807, 2.05) is 6.08 Å². The Labute approximate surface area is 160 Å². The highest BCUT2D eigenvalue weighted by Crippen LogP contribution is 2.35. The molecule has 0 aromatic rings. The van der Waals surface area contributed by atoms with Crippen LogP contribution in [0.2, 0.25) is 0 Å². The van der Waals surface area contributed by atoms with Gasteiger partial charge in [-0.1, -0.05) is 96.1 Å². The number of phosphoric acid groups is 1. The fourth-order valence-corrected chi connectivity index (χ4v) is 3.27. The number of aliphatic hydroxyl groups excluding tert-OH is 1. The molecule has 0 aliphatic carbocycles. The molecule has 0 aliphatic rings. The number of aliphatic hydroxyl groups is 1. The van der Waals surface area contributed by atoms with E-state index < -0.39 is 13.9 Å². The highest BCUT2D eigenvalue weighted by atomic mass is 31.2. The summed E-state index contributed by atoms with van der Waals surface area (Å²) in [6, 6.07) is 0. The van der Waals surface area contributed by atoms with Crippen LogP contribution in [0.3, 0.4) is 0 Å². The van der Waals surface area contributed by atoms with Crippen molar-refractivity contribution in [3.8, 4) is 0 Å². The lowest BCUT2D eigenvalue weighted by Gasteiger charge is -2.07. The number of allylic oxidation sites excluding steroid dienone is 1. The van der Waals surface area contributed by atoms with E-state index in [9.17, 15) is 9.67 Å². The van der Waals surface area contributed by atoms with Crippen molar-refractivity contribution in [1.29, 1.82) is 0 Å². The Hall–Kier alpha value is -0.190. The van der Waals surface area contributed by atoms with Crippen molar-refractivity contribution in [3.05, 3.63) is 12.2 Å². The highest BCUT2D eigenvalue weighted by Gasteiger charge is 2.13.